The van der Waals surface area contributed by atoms with Crippen LogP contribution in [0.2, 0.25) is 0 Å². The van der Waals surface area contributed by atoms with Gasteiger partial charge in [-0.3, -0.25) is 0 Å². The van der Waals surface area contributed by atoms with Gasteiger partial charge in [0.2, 0.25) is 0 Å². The Kier molecular flexibility index (Phi) is 7.26. The van der Waals surface area contributed by atoms with Crippen molar-refractivity contribution in [1.82, 2.24) is 0 Å². The Labute approximate surface area is 181 Å². The molecule has 158 valence electrons. The van der Waals surface area contributed by atoms with Crippen molar-refractivity contribution in [3.8, 4) is 17.6 Å². The van der Waals surface area contributed by atoms with Crippen LogP contribution in [0.3, 0.4) is 0 Å². The molecule has 0 spiro atoms. The minimum atomic E-state index is -1.11. The van der Waals surface area contributed by atoms with Gasteiger partial charge < -0.3 is 18.9 Å². The molecule has 3 aromatic rings. The van der Waals surface area contributed by atoms with Gasteiger partial charge in [0.25, 0.3) is 0 Å². The summed E-state index contributed by atoms with van der Waals surface area (Å²) in [5, 5.41) is 8.68. The van der Waals surface area contributed by atoms with Gasteiger partial charge in [0.1, 0.15) is 29.8 Å². The molecule has 0 amide bonds. The highest BCUT2D eigenvalue weighted by atomic mass is 16.6. The molecule has 0 bridgehead atoms. The Morgan fingerprint density at radius 1 is 0.806 bits per heavy atom. The molecular weight excluding hydrogens is 394 g/mol. The first-order valence-corrected chi connectivity index (χ1v) is 9.65. The Bertz CT molecular complexity index is 977. The lowest BCUT2D eigenvalue weighted by molar-refractivity contribution is -0.151. The van der Waals surface area contributed by atoms with Gasteiger partial charge in [-0.15, -0.1) is 0 Å². The van der Waals surface area contributed by atoms with Crippen LogP contribution in [0.25, 0.3) is 0 Å². The SMILES string of the molecule is COc1ccc(C(OCC(=O)OCC#N)(c2ccccc2)c2ccc(OC)cc2)cc1. The summed E-state index contributed by atoms with van der Waals surface area (Å²) < 4.78 is 21.8. The molecule has 0 N–H and O–H groups in total. The Hall–Kier alpha value is -3.82. The molecule has 0 radical (unpaired) electrons. The number of ether oxygens (including phenoxy) is 4. The summed E-state index contributed by atoms with van der Waals surface area (Å²) in [6, 6.07) is 26.4. The van der Waals surface area contributed by atoms with Gasteiger partial charge in [-0.2, -0.15) is 5.26 Å². The summed E-state index contributed by atoms with van der Waals surface area (Å²) in [6.07, 6.45) is 0. The zero-order valence-electron chi connectivity index (χ0n) is 17.4. The number of nitriles is 1. The van der Waals surface area contributed by atoms with Gasteiger partial charge in [0.15, 0.2) is 6.61 Å². The van der Waals surface area contributed by atoms with Gasteiger partial charge in [-0.1, -0.05) is 54.6 Å². The highest BCUT2D eigenvalue weighted by Gasteiger charge is 2.38. The molecule has 0 aliphatic heterocycles. The molecule has 3 aromatic carbocycles. The molecule has 0 saturated heterocycles. The molecule has 0 saturated carbocycles. The highest BCUT2D eigenvalue weighted by Crippen LogP contribution is 2.41. The van der Waals surface area contributed by atoms with Crippen LogP contribution in [0.5, 0.6) is 11.5 Å². The smallest absolute Gasteiger partial charge is 0.333 e. The van der Waals surface area contributed by atoms with Crippen LogP contribution in [-0.2, 0) is 19.9 Å². The second-order valence-electron chi connectivity index (χ2n) is 6.61. The number of carbonyl (C=O) groups excluding carboxylic acids is 1. The van der Waals surface area contributed by atoms with Crippen molar-refractivity contribution in [3.05, 3.63) is 95.6 Å². The number of nitrogens with zero attached hydrogens (tertiary/aromatic N) is 1. The number of methoxy groups -OCH3 is 2. The lowest BCUT2D eigenvalue weighted by Gasteiger charge is -2.35. The predicted octanol–water partition coefficient (Wildman–Crippen LogP) is 4.08. The van der Waals surface area contributed by atoms with Crippen molar-refractivity contribution >= 4 is 5.97 Å². The van der Waals surface area contributed by atoms with Crippen molar-refractivity contribution in [2.24, 2.45) is 0 Å². The van der Waals surface area contributed by atoms with E-state index < -0.39 is 11.6 Å². The van der Waals surface area contributed by atoms with Crippen molar-refractivity contribution in [3.63, 3.8) is 0 Å². The lowest BCUT2D eigenvalue weighted by Crippen LogP contribution is -2.35. The number of benzene rings is 3. The quantitative estimate of drug-likeness (QED) is 0.386. The summed E-state index contributed by atoms with van der Waals surface area (Å²) >= 11 is 0. The molecule has 0 aliphatic carbocycles. The van der Waals surface area contributed by atoms with E-state index in [4.69, 9.17) is 24.2 Å². The molecule has 0 fully saturated rings. The third kappa shape index (κ3) is 4.85. The van der Waals surface area contributed by atoms with E-state index >= 15 is 0 Å². The molecule has 0 aliphatic rings. The van der Waals surface area contributed by atoms with Gasteiger partial charge in [-0.25, -0.2) is 4.79 Å². The third-order valence-electron chi connectivity index (χ3n) is 4.88. The van der Waals surface area contributed by atoms with Crippen molar-refractivity contribution < 1.29 is 23.7 Å². The van der Waals surface area contributed by atoms with Gasteiger partial charge in [-0.05, 0) is 41.0 Å². The van der Waals surface area contributed by atoms with E-state index in [1.165, 1.54) is 0 Å². The first-order chi connectivity index (χ1) is 15.1. The first-order valence-electron chi connectivity index (χ1n) is 9.65. The zero-order valence-corrected chi connectivity index (χ0v) is 17.4. The number of hydrogen-bond donors (Lipinski definition) is 0. The fourth-order valence-corrected chi connectivity index (χ4v) is 3.40. The molecule has 6 heteroatoms. The highest BCUT2D eigenvalue weighted by molar-refractivity contribution is 5.71. The minimum Gasteiger partial charge on any atom is -0.497 e. The standard InChI is InChI=1S/C25H23NO5/c1-28-22-12-8-20(9-13-22)25(19-6-4-3-5-7-19,31-18-24(27)30-17-16-26)21-10-14-23(29-2)15-11-21/h3-15H,17-18H2,1-2H3. The minimum absolute atomic E-state index is 0.328. The monoisotopic (exact) mass is 417 g/mol. The molecule has 0 atom stereocenters. The van der Waals surface area contributed by atoms with Gasteiger partial charge in [0.05, 0.1) is 14.2 Å². The van der Waals surface area contributed by atoms with Crippen LogP contribution >= 0.6 is 0 Å². The fourth-order valence-electron chi connectivity index (χ4n) is 3.40. The first kappa shape index (κ1) is 21.9. The fraction of sp³-hybridized carbons (Fsp3) is 0.200. The molecular formula is C25H23NO5. The number of hydrogen-bond acceptors (Lipinski definition) is 6. The average molecular weight is 417 g/mol. The third-order valence-corrected chi connectivity index (χ3v) is 4.88. The summed E-state index contributed by atoms with van der Waals surface area (Å²) in [6.45, 7) is -0.666. The Morgan fingerprint density at radius 2 is 1.29 bits per heavy atom. The van der Waals surface area contributed by atoms with E-state index in [9.17, 15) is 4.79 Å². The number of esters is 1. The van der Waals surface area contributed by atoms with Crippen LogP contribution in [0.4, 0.5) is 0 Å². The van der Waals surface area contributed by atoms with Crippen LogP contribution < -0.4 is 9.47 Å². The van der Waals surface area contributed by atoms with E-state index in [0.29, 0.717) is 11.5 Å². The maximum Gasteiger partial charge on any atom is 0.333 e. The Morgan fingerprint density at radius 3 is 1.74 bits per heavy atom. The zero-order chi connectivity index (χ0) is 22.1. The van der Waals surface area contributed by atoms with Crippen molar-refractivity contribution in [2.45, 2.75) is 5.60 Å². The van der Waals surface area contributed by atoms with E-state index in [-0.39, 0.29) is 13.2 Å². The van der Waals surface area contributed by atoms with E-state index in [2.05, 4.69) is 0 Å². The lowest BCUT2D eigenvalue weighted by atomic mass is 9.80. The van der Waals surface area contributed by atoms with Gasteiger partial charge >= 0.3 is 5.97 Å². The maximum absolute atomic E-state index is 12.2. The predicted molar refractivity (Wildman–Crippen MR) is 115 cm³/mol. The molecule has 0 heterocycles. The van der Waals surface area contributed by atoms with Crippen LogP contribution in [0, 0.1) is 11.3 Å². The summed E-state index contributed by atoms with van der Waals surface area (Å²) in [5.41, 5.74) is 1.33. The largest absolute Gasteiger partial charge is 0.497 e. The second-order valence-corrected chi connectivity index (χ2v) is 6.61. The normalized spacial score (nSPS) is 10.7. The molecule has 31 heavy (non-hydrogen) atoms. The second kappa shape index (κ2) is 10.3. The summed E-state index contributed by atoms with van der Waals surface area (Å²) in [7, 11) is 3.20. The topological polar surface area (TPSA) is 77.8 Å². The van der Waals surface area contributed by atoms with E-state index in [1.54, 1.807) is 20.3 Å². The van der Waals surface area contributed by atoms with Crippen LogP contribution in [-0.4, -0.2) is 33.4 Å². The van der Waals surface area contributed by atoms with Crippen LogP contribution in [0.15, 0.2) is 78.9 Å². The number of rotatable bonds is 9. The molecule has 3 rings (SSSR count). The van der Waals surface area contributed by atoms with Gasteiger partial charge in [0, 0.05) is 0 Å². The van der Waals surface area contributed by atoms with E-state index in [0.717, 1.165) is 16.7 Å². The average Bonchev–Trinajstić information content (AvgIpc) is 2.84. The van der Waals surface area contributed by atoms with E-state index in [1.807, 2.05) is 78.9 Å². The number of carbonyl (C=O) groups is 1. The maximum atomic E-state index is 12.2. The molecule has 0 aromatic heterocycles. The summed E-state index contributed by atoms with van der Waals surface area (Å²) in [5.74, 6) is 0.784. The summed E-state index contributed by atoms with van der Waals surface area (Å²) in [4.78, 5) is 12.2. The Balaban J connectivity index is 2.16. The molecule has 0 unspecified atom stereocenters. The van der Waals surface area contributed by atoms with Crippen molar-refractivity contribution in [2.75, 3.05) is 27.4 Å². The van der Waals surface area contributed by atoms with Crippen LogP contribution in [0.1, 0.15) is 16.7 Å². The molecule has 6 nitrogen and oxygen atoms in total. The van der Waals surface area contributed by atoms with Crippen molar-refractivity contribution in [1.29, 1.82) is 5.26 Å².